The van der Waals surface area contributed by atoms with Crippen LogP contribution in [0.4, 0.5) is 5.82 Å². The minimum atomic E-state index is 0.160. The van der Waals surface area contributed by atoms with E-state index in [9.17, 15) is 4.79 Å². The summed E-state index contributed by atoms with van der Waals surface area (Å²) < 4.78 is 1.06. The van der Waals surface area contributed by atoms with E-state index in [1.807, 2.05) is 18.2 Å². The van der Waals surface area contributed by atoms with Crippen molar-refractivity contribution in [3.8, 4) is 0 Å². The Balaban J connectivity index is 1.55. The number of pyridine rings is 1. The Labute approximate surface area is 132 Å². The smallest absolute Gasteiger partial charge is 0.220 e. The standard InChI is InChI=1S/C16H18BrN3O/c17-14-4-1-3-13-12(14)8-10-19-16(13)18-9-2-5-15(21)20-11-6-7-11/h1,3-4,8,10-11H,2,5-7,9H2,(H,18,19)(H,20,21). The van der Waals surface area contributed by atoms with Crippen LogP contribution < -0.4 is 10.6 Å². The fourth-order valence-electron chi connectivity index (χ4n) is 2.29. The third kappa shape index (κ3) is 3.73. The lowest BCUT2D eigenvalue weighted by Crippen LogP contribution is -2.25. The molecule has 0 saturated heterocycles. The molecule has 1 aliphatic carbocycles. The molecule has 4 nitrogen and oxygen atoms in total. The molecule has 110 valence electrons. The van der Waals surface area contributed by atoms with Crippen LogP contribution in [0.15, 0.2) is 34.9 Å². The molecule has 1 fully saturated rings. The molecule has 1 aliphatic rings. The molecular formula is C16H18BrN3O. The number of rotatable bonds is 6. The summed E-state index contributed by atoms with van der Waals surface area (Å²) in [7, 11) is 0. The Kier molecular flexibility index (Phi) is 4.39. The highest BCUT2D eigenvalue weighted by molar-refractivity contribution is 9.10. The van der Waals surface area contributed by atoms with Gasteiger partial charge in [0, 0.05) is 40.4 Å². The van der Waals surface area contributed by atoms with Gasteiger partial charge in [0.15, 0.2) is 0 Å². The van der Waals surface area contributed by atoms with Crippen LogP contribution >= 0.6 is 15.9 Å². The second-order valence-electron chi connectivity index (χ2n) is 5.37. The number of carbonyl (C=O) groups is 1. The second-order valence-corrected chi connectivity index (χ2v) is 6.22. The zero-order valence-electron chi connectivity index (χ0n) is 11.7. The normalized spacial score (nSPS) is 14.1. The molecule has 2 N–H and O–H groups in total. The van der Waals surface area contributed by atoms with Crippen LogP contribution in [0.5, 0.6) is 0 Å². The molecule has 21 heavy (non-hydrogen) atoms. The monoisotopic (exact) mass is 347 g/mol. The lowest BCUT2D eigenvalue weighted by molar-refractivity contribution is -0.121. The van der Waals surface area contributed by atoms with Gasteiger partial charge in [-0.25, -0.2) is 4.98 Å². The molecule has 1 saturated carbocycles. The van der Waals surface area contributed by atoms with Gasteiger partial charge < -0.3 is 10.6 Å². The second kappa shape index (κ2) is 6.43. The average molecular weight is 348 g/mol. The summed E-state index contributed by atoms with van der Waals surface area (Å²) in [6.45, 7) is 0.747. The van der Waals surface area contributed by atoms with Crippen molar-refractivity contribution >= 4 is 38.4 Å². The first-order chi connectivity index (χ1) is 10.2. The number of fused-ring (bicyclic) bond motifs is 1. The Morgan fingerprint density at radius 1 is 1.29 bits per heavy atom. The molecule has 3 rings (SSSR count). The van der Waals surface area contributed by atoms with Gasteiger partial charge in [-0.1, -0.05) is 28.1 Å². The summed E-state index contributed by atoms with van der Waals surface area (Å²) >= 11 is 3.55. The Bertz CT molecular complexity index is 655. The van der Waals surface area contributed by atoms with E-state index < -0.39 is 0 Å². The molecule has 0 aliphatic heterocycles. The van der Waals surface area contributed by atoms with Crippen molar-refractivity contribution in [3.63, 3.8) is 0 Å². The van der Waals surface area contributed by atoms with Crippen molar-refractivity contribution in [1.29, 1.82) is 0 Å². The molecular weight excluding hydrogens is 330 g/mol. The molecule has 1 heterocycles. The van der Waals surface area contributed by atoms with Crippen LogP contribution in [-0.2, 0) is 4.79 Å². The van der Waals surface area contributed by atoms with Gasteiger partial charge in [-0.05, 0) is 31.4 Å². The first kappa shape index (κ1) is 14.3. The van der Waals surface area contributed by atoms with E-state index in [2.05, 4.69) is 37.6 Å². The molecule has 0 bridgehead atoms. The van der Waals surface area contributed by atoms with Crippen molar-refractivity contribution in [3.05, 3.63) is 34.9 Å². The summed E-state index contributed by atoms with van der Waals surface area (Å²) in [6, 6.07) is 8.52. The topological polar surface area (TPSA) is 54.0 Å². The summed E-state index contributed by atoms with van der Waals surface area (Å²) in [5.74, 6) is 1.03. The molecule has 1 aromatic carbocycles. The largest absolute Gasteiger partial charge is 0.370 e. The summed E-state index contributed by atoms with van der Waals surface area (Å²) in [5, 5.41) is 8.56. The number of benzene rings is 1. The van der Waals surface area contributed by atoms with Crippen molar-refractivity contribution in [2.24, 2.45) is 0 Å². The van der Waals surface area contributed by atoms with Crippen LogP contribution in [0.1, 0.15) is 25.7 Å². The number of anilines is 1. The number of halogens is 1. The number of nitrogens with zero attached hydrogens (tertiary/aromatic N) is 1. The SMILES string of the molecule is O=C(CCCNc1nccc2c(Br)cccc12)NC1CC1. The Morgan fingerprint density at radius 2 is 2.14 bits per heavy atom. The van der Waals surface area contributed by atoms with Crippen LogP contribution in [0.25, 0.3) is 10.8 Å². The number of carbonyl (C=O) groups excluding carboxylic acids is 1. The predicted octanol–water partition coefficient (Wildman–Crippen LogP) is 3.47. The molecule has 0 atom stereocenters. The van der Waals surface area contributed by atoms with Gasteiger partial charge in [-0.3, -0.25) is 4.79 Å². The third-order valence-electron chi connectivity index (χ3n) is 3.57. The van der Waals surface area contributed by atoms with Gasteiger partial charge in [-0.2, -0.15) is 0 Å². The van der Waals surface area contributed by atoms with Crippen molar-refractivity contribution in [2.45, 2.75) is 31.7 Å². The van der Waals surface area contributed by atoms with Crippen LogP contribution in [-0.4, -0.2) is 23.5 Å². The summed E-state index contributed by atoms with van der Waals surface area (Å²) in [4.78, 5) is 16.0. The number of hydrogen-bond acceptors (Lipinski definition) is 3. The van der Waals surface area contributed by atoms with Crippen LogP contribution in [0.2, 0.25) is 0 Å². The minimum Gasteiger partial charge on any atom is -0.370 e. The highest BCUT2D eigenvalue weighted by Gasteiger charge is 2.22. The highest BCUT2D eigenvalue weighted by atomic mass is 79.9. The Hall–Kier alpha value is -1.62. The quantitative estimate of drug-likeness (QED) is 0.786. The molecule has 0 unspecified atom stereocenters. The van der Waals surface area contributed by atoms with E-state index >= 15 is 0 Å². The number of aromatic nitrogens is 1. The molecule has 1 amide bonds. The van der Waals surface area contributed by atoms with Gasteiger partial charge in [0.05, 0.1) is 0 Å². The first-order valence-electron chi connectivity index (χ1n) is 7.30. The third-order valence-corrected chi connectivity index (χ3v) is 4.26. The number of hydrogen-bond donors (Lipinski definition) is 2. The lowest BCUT2D eigenvalue weighted by Gasteiger charge is -2.09. The molecule has 1 aromatic heterocycles. The highest BCUT2D eigenvalue weighted by Crippen LogP contribution is 2.27. The lowest BCUT2D eigenvalue weighted by atomic mass is 10.1. The van der Waals surface area contributed by atoms with E-state index in [1.165, 1.54) is 0 Å². The van der Waals surface area contributed by atoms with E-state index in [-0.39, 0.29) is 5.91 Å². The van der Waals surface area contributed by atoms with Gasteiger partial charge in [0.2, 0.25) is 5.91 Å². The maximum absolute atomic E-state index is 11.6. The van der Waals surface area contributed by atoms with Crippen molar-refractivity contribution < 1.29 is 4.79 Å². The van der Waals surface area contributed by atoms with Gasteiger partial charge in [0.25, 0.3) is 0 Å². The minimum absolute atomic E-state index is 0.160. The van der Waals surface area contributed by atoms with Gasteiger partial charge in [-0.15, -0.1) is 0 Å². The fraction of sp³-hybridized carbons (Fsp3) is 0.375. The van der Waals surface area contributed by atoms with Crippen molar-refractivity contribution in [2.75, 3.05) is 11.9 Å². The molecule has 0 radical (unpaired) electrons. The molecule has 2 aromatic rings. The maximum atomic E-state index is 11.6. The maximum Gasteiger partial charge on any atom is 0.220 e. The van der Waals surface area contributed by atoms with E-state index in [0.717, 1.165) is 46.9 Å². The van der Waals surface area contributed by atoms with Crippen LogP contribution in [0.3, 0.4) is 0 Å². The zero-order valence-corrected chi connectivity index (χ0v) is 13.3. The summed E-state index contributed by atoms with van der Waals surface area (Å²) in [5.41, 5.74) is 0. The van der Waals surface area contributed by atoms with Crippen molar-refractivity contribution in [1.82, 2.24) is 10.3 Å². The van der Waals surface area contributed by atoms with Crippen LogP contribution in [0, 0.1) is 0 Å². The van der Waals surface area contributed by atoms with Gasteiger partial charge in [0.1, 0.15) is 5.82 Å². The van der Waals surface area contributed by atoms with Gasteiger partial charge >= 0.3 is 0 Å². The number of amides is 1. The Morgan fingerprint density at radius 3 is 2.95 bits per heavy atom. The first-order valence-corrected chi connectivity index (χ1v) is 8.10. The van der Waals surface area contributed by atoms with E-state index in [0.29, 0.717) is 12.5 Å². The summed E-state index contributed by atoms with van der Waals surface area (Å²) in [6.07, 6.45) is 5.45. The number of nitrogens with one attached hydrogen (secondary N) is 2. The molecule has 0 spiro atoms. The van der Waals surface area contributed by atoms with E-state index in [1.54, 1.807) is 6.20 Å². The molecule has 5 heteroatoms. The van der Waals surface area contributed by atoms with E-state index in [4.69, 9.17) is 0 Å². The predicted molar refractivity (Wildman–Crippen MR) is 88.3 cm³/mol. The fourth-order valence-corrected chi connectivity index (χ4v) is 2.79. The average Bonchev–Trinajstić information content (AvgIpc) is 3.28. The zero-order chi connectivity index (χ0) is 14.7.